The second-order valence-electron chi connectivity index (χ2n) is 5.47. The van der Waals surface area contributed by atoms with Crippen LogP contribution >= 0.6 is 0 Å². The third kappa shape index (κ3) is 4.43. The molecule has 1 saturated heterocycles. The van der Waals surface area contributed by atoms with Gasteiger partial charge in [0.1, 0.15) is 0 Å². The average Bonchev–Trinajstić information content (AvgIpc) is 3.26. The van der Waals surface area contributed by atoms with Crippen molar-refractivity contribution in [2.75, 3.05) is 39.4 Å². The minimum atomic E-state index is -0.224. The van der Waals surface area contributed by atoms with Gasteiger partial charge in [-0.1, -0.05) is 5.16 Å². The first kappa shape index (κ1) is 15.8. The van der Waals surface area contributed by atoms with Gasteiger partial charge in [0.15, 0.2) is 11.5 Å². The molecule has 7 nitrogen and oxygen atoms in total. The van der Waals surface area contributed by atoms with E-state index >= 15 is 0 Å². The molecule has 2 aromatic rings. The number of nitrogens with zero attached hydrogens (tertiary/aromatic N) is 2. The molecule has 7 heteroatoms. The van der Waals surface area contributed by atoms with Gasteiger partial charge in [-0.05, 0) is 31.5 Å². The topological polar surface area (TPSA) is 80.7 Å². The minimum absolute atomic E-state index is 0.224. The molecule has 23 heavy (non-hydrogen) atoms. The number of nitrogens with one attached hydrogen (secondary N) is 1. The summed E-state index contributed by atoms with van der Waals surface area (Å²) in [5.74, 6) is 0.785. The average molecular weight is 319 g/mol. The molecule has 1 amide bonds. The molecule has 0 unspecified atom stereocenters. The predicted molar refractivity (Wildman–Crippen MR) is 83.0 cm³/mol. The van der Waals surface area contributed by atoms with E-state index in [9.17, 15) is 4.79 Å². The highest BCUT2D eigenvalue weighted by molar-refractivity contribution is 5.92. The summed E-state index contributed by atoms with van der Waals surface area (Å²) in [7, 11) is 0. The molecule has 2 aromatic heterocycles. The highest BCUT2D eigenvalue weighted by atomic mass is 16.5. The number of carbonyl (C=O) groups is 1. The Balaban J connectivity index is 1.36. The molecule has 0 radical (unpaired) electrons. The first-order valence-electron chi connectivity index (χ1n) is 7.92. The Kier molecular flexibility index (Phi) is 5.44. The molecule has 3 rings (SSSR count). The zero-order chi connectivity index (χ0) is 15.9. The van der Waals surface area contributed by atoms with Crippen LogP contribution in [0.5, 0.6) is 0 Å². The van der Waals surface area contributed by atoms with E-state index in [1.807, 2.05) is 0 Å². The van der Waals surface area contributed by atoms with E-state index < -0.39 is 0 Å². The smallest absolute Gasteiger partial charge is 0.273 e. The number of carbonyl (C=O) groups excluding carboxylic acids is 1. The first-order chi connectivity index (χ1) is 11.3. The van der Waals surface area contributed by atoms with Gasteiger partial charge in [0.25, 0.3) is 5.91 Å². The van der Waals surface area contributed by atoms with Crippen molar-refractivity contribution in [2.45, 2.75) is 12.8 Å². The number of hydrogen-bond acceptors (Lipinski definition) is 6. The molecule has 0 saturated carbocycles. The number of furan rings is 1. The van der Waals surface area contributed by atoms with Crippen molar-refractivity contribution in [3.63, 3.8) is 0 Å². The van der Waals surface area contributed by atoms with Crippen LogP contribution in [0.2, 0.25) is 0 Å². The number of unbranched alkanes of at least 4 members (excludes halogenated alkanes) is 1. The molecule has 124 valence electrons. The number of rotatable bonds is 7. The predicted octanol–water partition coefficient (Wildman–Crippen LogP) is 1.78. The van der Waals surface area contributed by atoms with E-state index in [2.05, 4.69) is 15.4 Å². The lowest BCUT2D eigenvalue weighted by molar-refractivity contribution is 0.0372. The number of hydrogen-bond donors (Lipinski definition) is 1. The van der Waals surface area contributed by atoms with Crippen molar-refractivity contribution < 1.29 is 18.5 Å². The fourth-order valence-corrected chi connectivity index (χ4v) is 2.49. The van der Waals surface area contributed by atoms with Crippen LogP contribution in [0.15, 0.2) is 33.4 Å². The molecule has 1 fully saturated rings. The van der Waals surface area contributed by atoms with Gasteiger partial charge in [-0.3, -0.25) is 9.69 Å². The molecule has 1 aliphatic rings. The normalized spacial score (nSPS) is 15.7. The Bertz CT molecular complexity index is 603. The monoisotopic (exact) mass is 319 g/mol. The summed E-state index contributed by atoms with van der Waals surface area (Å²) < 4.78 is 15.6. The summed E-state index contributed by atoms with van der Waals surface area (Å²) >= 11 is 0. The zero-order valence-electron chi connectivity index (χ0n) is 13.0. The first-order valence-corrected chi connectivity index (χ1v) is 7.92. The van der Waals surface area contributed by atoms with Gasteiger partial charge in [-0.25, -0.2) is 0 Å². The van der Waals surface area contributed by atoms with Crippen molar-refractivity contribution in [2.24, 2.45) is 0 Å². The van der Waals surface area contributed by atoms with Crippen molar-refractivity contribution in [1.82, 2.24) is 15.4 Å². The number of morpholine rings is 1. The lowest BCUT2D eigenvalue weighted by Gasteiger charge is -2.26. The van der Waals surface area contributed by atoms with Crippen molar-refractivity contribution in [3.05, 3.63) is 30.2 Å². The van der Waals surface area contributed by atoms with Crippen LogP contribution in [0.1, 0.15) is 23.3 Å². The molecule has 0 aromatic carbocycles. The van der Waals surface area contributed by atoms with Crippen LogP contribution in [0, 0.1) is 0 Å². The third-order valence-electron chi connectivity index (χ3n) is 3.80. The standard InChI is InChI=1S/C16H21N3O4/c20-16(13-12-15(23-18-13)14-4-3-9-22-14)17-5-1-2-6-19-7-10-21-11-8-19/h3-4,9,12H,1-2,5-8,10-11H2,(H,17,20). The summed E-state index contributed by atoms with van der Waals surface area (Å²) in [4.78, 5) is 14.4. The molecule has 1 aliphatic heterocycles. The highest BCUT2D eigenvalue weighted by Crippen LogP contribution is 2.20. The van der Waals surface area contributed by atoms with Crippen LogP contribution in [0.3, 0.4) is 0 Å². The van der Waals surface area contributed by atoms with Gasteiger partial charge in [0.05, 0.1) is 19.5 Å². The molecule has 3 heterocycles. The van der Waals surface area contributed by atoms with Gasteiger partial charge in [-0.2, -0.15) is 0 Å². The SMILES string of the molecule is O=C(NCCCCN1CCOCC1)c1cc(-c2ccco2)on1. The molecular weight excluding hydrogens is 298 g/mol. The van der Waals surface area contributed by atoms with Gasteiger partial charge in [0, 0.05) is 25.7 Å². The fraction of sp³-hybridized carbons (Fsp3) is 0.500. The van der Waals surface area contributed by atoms with E-state index in [1.165, 1.54) is 0 Å². The van der Waals surface area contributed by atoms with E-state index in [4.69, 9.17) is 13.7 Å². The third-order valence-corrected chi connectivity index (χ3v) is 3.80. The summed E-state index contributed by atoms with van der Waals surface area (Å²) in [6.45, 7) is 5.32. The molecule has 1 N–H and O–H groups in total. The van der Waals surface area contributed by atoms with Crippen LogP contribution in [-0.4, -0.2) is 55.4 Å². The maximum Gasteiger partial charge on any atom is 0.273 e. The summed E-state index contributed by atoms with van der Waals surface area (Å²) in [5, 5.41) is 6.64. The minimum Gasteiger partial charge on any atom is -0.461 e. The second kappa shape index (κ2) is 7.94. The summed E-state index contributed by atoms with van der Waals surface area (Å²) in [6.07, 6.45) is 3.54. The molecule has 0 bridgehead atoms. The maximum absolute atomic E-state index is 12.0. The second-order valence-corrected chi connectivity index (χ2v) is 5.47. The Labute approximate surface area is 134 Å². The van der Waals surface area contributed by atoms with Crippen LogP contribution in [0.25, 0.3) is 11.5 Å². The molecule has 0 aliphatic carbocycles. The van der Waals surface area contributed by atoms with Gasteiger partial charge >= 0.3 is 0 Å². The Hall–Kier alpha value is -2.12. The van der Waals surface area contributed by atoms with E-state index in [1.54, 1.807) is 24.5 Å². The summed E-state index contributed by atoms with van der Waals surface area (Å²) in [5.41, 5.74) is 0.268. The maximum atomic E-state index is 12.0. The molecule has 0 spiro atoms. The van der Waals surface area contributed by atoms with E-state index in [-0.39, 0.29) is 11.6 Å². The zero-order valence-corrected chi connectivity index (χ0v) is 13.0. The lowest BCUT2D eigenvalue weighted by atomic mass is 10.2. The number of amides is 1. The Morgan fingerprint density at radius 3 is 2.91 bits per heavy atom. The lowest BCUT2D eigenvalue weighted by Crippen LogP contribution is -2.37. The van der Waals surface area contributed by atoms with Crippen molar-refractivity contribution in [1.29, 1.82) is 0 Å². The summed E-state index contributed by atoms with van der Waals surface area (Å²) in [6, 6.07) is 5.10. The van der Waals surface area contributed by atoms with Crippen LogP contribution in [0.4, 0.5) is 0 Å². The Morgan fingerprint density at radius 2 is 2.13 bits per heavy atom. The quantitative estimate of drug-likeness (QED) is 0.784. The molecular formula is C16H21N3O4. The fourth-order valence-electron chi connectivity index (χ4n) is 2.49. The van der Waals surface area contributed by atoms with Crippen LogP contribution < -0.4 is 5.32 Å². The van der Waals surface area contributed by atoms with Gasteiger partial charge < -0.3 is 19.0 Å². The number of ether oxygens (including phenoxy) is 1. The number of aromatic nitrogens is 1. The highest BCUT2D eigenvalue weighted by Gasteiger charge is 2.15. The largest absolute Gasteiger partial charge is 0.461 e. The molecule has 0 atom stereocenters. The van der Waals surface area contributed by atoms with E-state index in [0.29, 0.717) is 18.1 Å². The van der Waals surface area contributed by atoms with Gasteiger partial charge in [-0.15, -0.1) is 0 Å². The van der Waals surface area contributed by atoms with Crippen LogP contribution in [-0.2, 0) is 4.74 Å². The van der Waals surface area contributed by atoms with Gasteiger partial charge in [0.2, 0.25) is 5.76 Å². The van der Waals surface area contributed by atoms with Crippen molar-refractivity contribution >= 4 is 5.91 Å². The van der Waals surface area contributed by atoms with E-state index in [0.717, 1.165) is 45.7 Å². The Morgan fingerprint density at radius 1 is 1.26 bits per heavy atom. The van der Waals surface area contributed by atoms with Crippen molar-refractivity contribution in [3.8, 4) is 11.5 Å².